The van der Waals surface area contributed by atoms with Crippen LogP contribution in [0.4, 0.5) is 5.69 Å². The van der Waals surface area contributed by atoms with Crippen LogP contribution in [0.15, 0.2) is 97.2 Å². The van der Waals surface area contributed by atoms with Gasteiger partial charge in [0, 0.05) is 24.9 Å². The molecule has 2 heterocycles. The lowest BCUT2D eigenvalue weighted by Gasteiger charge is -2.53. The minimum Gasteiger partial charge on any atom is -0.497 e. The van der Waals surface area contributed by atoms with E-state index in [-0.39, 0.29) is 29.7 Å². The molecule has 5 rings (SSSR count). The first-order chi connectivity index (χ1) is 16.2. The van der Waals surface area contributed by atoms with E-state index in [1.807, 2.05) is 83.9 Å². The lowest BCUT2D eigenvalue weighted by atomic mass is 9.75. The van der Waals surface area contributed by atoms with E-state index in [4.69, 9.17) is 4.74 Å². The number of ether oxygens (including phenoxy) is 1. The van der Waals surface area contributed by atoms with Crippen molar-refractivity contribution in [3.8, 4) is 5.75 Å². The molecule has 1 fully saturated rings. The summed E-state index contributed by atoms with van der Waals surface area (Å²) in [5.41, 5.74) is 2.97. The standard InChI is InChI=1S/C28H26N2O3/c1-33-24-14-12-22(13-15-24)30-27(26(28(30)32)21-10-6-3-7-11-21)25-18-23(31)16-17-29(25)19-20-8-4-2-5-9-20/h2-17,25-27H,18-19H2,1H3/t25-,26-,27+/m1/s1. The number of anilines is 1. The average Bonchev–Trinajstić information content (AvgIpc) is 2.85. The lowest BCUT2D eigenvalue weighted by molar-refractivity contribution is -0.129. The van der Waals surface area contributed by atoms with Crippen molar-refractivity contribution in [3.63, 3.8) is 0 Å². The van der Waals surface area contributed by atoms with Gasteiger partial charge in [0.1, 0.15) is 5.75 Å². The van der Waals surface area contributed by atoms with Crippen LogP contribution in [0.3, 0.4) is 0 Å². The lowest BCUT2D eigenvalue weighted by Crippen LogP contribution is -2.67. The maximum atomic E-state index is 13.5. The number of amides is 1. The van der Waals surface area contributed by atoms with E-state index < -0.39 is 0 Å². The molecule has 1 amide bonds. The molecule has 0 spiro atoms. The maximum absolute atomic E-state index is 13.5. The van der Waals surface area contributed by atoms with Crippen LogP contribution in [0, 0.1) is 0 Å². The van der Waals surface area contributed by atoms with Gasteiger partial charge >= 0.3 is 0 Å². The second kappa shape index (κ2) is 8.94. The summed E-state index contributed by atoms with van der Waals surface area (Å²) in [7, 11) is 1.62. The molecule has 5 nitrogen and oxygen atoms in total. The van der Waals surface area contributed by atoms with Crippen molar-refractivity contribution >= 4 is 17.4 Å². The van der Waals surface area contributed by atoms with Gasteiger partial charge < -0.3 is 14.5 Å². The van der Waals surface area contributed by atoms with Crippen molar-refractivity contribution in [1.82, 2.24) is 4.90 Å². The Bertz CT molecular complexity index is 1160. The molecule has 0 N–H and O–H groups in total. The highest BCUT2D eigenvalue weighted by atomic mass is 16.5. The molecule has 1 saturated heterocycles. The Morgan fingerprint density at radius 3 is 2.21 bits per heavy atom. The van der Waals surface area contributed by atoms with Crippen molar-refractivity contribution in [3.05, 3.63) is 108 Å². The van der Waals surface area contributed by atoms with Crippen molar-refractivity contribution < 1.29 is 14.3 Å². The van der Waals surface area contributed by atoms with Crippen LogP contribution >= 0.6 is 0 Å². The Morgan fingerprint density at radius 2 is 1.55 bits per heavy atom. The van der Waals surface area contributed by atoms with E-state index in [0.717, 1.165) is 17.0 Å². The molecule has 0 aliphatic carbocycles. The first-order valence-electron chi connectivity index (χ1n) is 11.2. The topological polar surface area (TPSA) is 49.9 Å². The first kappa shape index (κ1) is 21.0. The van der Waals surface area contributed by atoms with E-state index in [1.54, 1.807) is 13.2 Å². The molecule has 0 bridgehead atoms. The molecule has 0 unspecified atom stereocenters. The van der Waals surface area contributed by atoms with Crippen molar-refractivity contribution in [1.29, 1.82) is 0 Å². The summed E-state index contributed by atoms with van der Waals surface area (Å²) >= 11 is 0. The predicted molar refractivity (Wildman–Crippen MR) is 128 cm³/mol. The van der Waals surface area contributed by atoms with Crippen LogP contribution in [0.2, 0.25) is 0 Å². The van der Waals surface area contributed by atoms with Crippen LogP contribution in [-0.2, 0) is 16.1 Å². The fraction of sp³-hybridized carbons (Fsp3) is 0.214. The Balaban J connectivity index is 1.53. The fourth-order valence-corrected chi connectivity index (χ4v) is 4.91. The summed E-state index contributed by atoms with van der Waals surface area (Å²) in [5.74, 6) is 0.587. The van der Waals surface area contributed by atoms with Crippen LogP contribution in [0.5, 0.6) is 5.75 Å². The van der Waals surface area contributed by atoms with Gasteiger partial charge in [-0.15, -0.1) is 0 Å². The Labute approximate surface area is 193 Å². The SMILES string of the molecule is COc1ccc(N2C(=O)[C@H](c3ccccc3)[C@@H]2[C@H]2CC(=O)C=CN2Cc2ccccc2)cc1. The minimum absolute atomic E-state index is 0.0537. The Hall–Kier alpha value is -3.86. The molecule has 5 heteroatoms. The third-order valence-electron chi connectivity index (χ3n) is 6.54. The highest BCUT2D eigenvalue weighted by molar-refractivity contribution is 6.07. The van der Waals surface area contributed by atoms with E-state index in [1.165, 1.54) is 5.56 Å². The minimum atomic E-state index is -0.295. The van der Waals surface area contributed by atoms with Gasteiger partial charge in [0.15, 0.2) is 5.78 Å². The van der Waals surface area contributed by atoms with Gasteiger partial charge in [-0.2, -0.15) is 0 Å². The average molecular weight is 439 g/mol. The third kappa shape index (κ3) is 4.02. The summed E-state index contributed by atoms with van der Waals surface area (Å²) in [6.07, 6.45) is 3.91. The van der Waals surface area contributed by atoms with E-state index >= 15 is 0 Å². The van der Waals surface area contributed by atoms with Crippen LogP contribution < -0.4 is 9.64 Å². The van der Waals surface area contributed by atoms with Crippen LogP contribution in [-0.4, -0.2) is 35.8 Å². The summed E-state index contributed by atoms with van der Waals surface area (Å²) < 4.78 is 5.29. The summed E-state index contributed by atoms with van der Waals surface area (Å²) in [4.78, 5) is 30.1. The smallest absolute Gasteiger partial charge is 0.237 e. The maximum Gasteiger partial charge on any atom is 0.237 e. The number of ketones is 1. The zero-order valence-corrected chi connectivity index (χ0v) is 18.5. The van der Waals surface area contributed by atoms with E-state index in [9.17, 15) is 9.59 Å². The largest absolute Gasteiger partial charge is 0.497 e. The van der Waals surface area contributed by atoms with Crippen molar-refractivity contribution in [2.24, 2.45) is 0 Å². The summed E-state index contributed by atoms with van der Waals surface area (Å²) in [5, 5.41) is 0. The molecule has 3 aromatic carbocycles. The Morgan fingerprint density at radius 1 is 0.879 bits per heavy atom. The molecule has 2 aliphatic rings. The van der Waals surface area contributed by atoms with Gasteiger partial charge in [0.05, 0.1) is 25.1 Å². The molecule has 0 saturated carbocycles. The number of nitrogens with zero attached hydrogens (tertiary/aromatic N) is 2. The van der Waals surface area contributed by atoms with Crippen molar-refractivity contribution in [2.75, 3.05) is 12.0 Å². The number of hydrogen-bond acceptors (Lipinski definition) is 4. The molecule has 0 radical (unpaired) electrons. The highest BCUT2D eigenvalue weighted by Crippen LogP contribution is 2.44. The number of benzene rings is 3. The number of methoxy groups -OCH3 is 1. The van der Waals surface area contributed by atoms with Crippen LogP contribution in [0.25, 0.3) is 0 Å². The molecule has 33 heavy (non-hydrogen) atoms. The first-order valence-corrected chi connectivity index (χ1v) is 11.2. The summed E-state index contributed by atoms with van der Waals surface area (Å²) in [6, 6.07) is 27.4. The van der Waals surface area contributed by atoms with Gasteiger partial charge in [-0.3, -0.25) is 9.59 Å². The van der Waals surface area contributed by atoms with Gasteiger partial charge in [0.2, 0.25) is 5.91 Å². The number of hydrogen-bond donors (Lipinski definition) is 0. The third-order valence-corrected chi connectivity index (χ3v) is 6.54. The number of carbonyl (C=O) groups excluding carboxylic acids is 2. The van der Waals surface area contributed by atoms with Gasteiger partial charge in [0.25, 0.3) is 0 Å². The number of allylic oxidation sites excluding steroid dienone is 1. The summed E-state index contributed by atoms with van der Waals surface area (Å²) in [6.45, 7) is 0.679. The predicted octanol–water partition coefficient (Wildman–Crippen LogP) is 4.55. The van der Waals surface area contributed by atoms with E-state index in [0.29, 0.717) is 13.0 Å². The zero-order chi connectivity index (χ0) is 22.8. The monoisotopic (exact) mass is 438 g/mol. The van der Waals surface area contributed by atoms with E-state index in [2.05, 4.69) is 17.0 Å². The second-order valence-electron chi connectivity index (χ2n) is 8.50. The molecular formula is C28H26N2O3. The Kier molecular flexibility index (Phi) is 5.69. The fourth-order valence-electron chi connectivity index (χ4n) is 4.91. The van der Waals surface area contributed by atoms with Crippen molar-refractivity contribution in [2.45, 2.75) is 31.0 Å². The normalized spacial score (nSPS) is 22.3. The molecule has 166 valence electrons. The highest BCUT2D eigenvalue weighted by Gasteiger charge is 2.54. The molecule has 2 aliphatic heterocycles. The van der Waals surface area contributed by atoms with Gasteiger partial charge in [-0.25, -0.2) is 0 Å². The second-order valence-corrected chi connectivity index (χ2v) is 8.50. The zero-order valence-electron chi connectivity index (χ0n) is 18.5. The molecule has 3 atom stereocenters. The van der Waals surface area contributed by atoms with Gasteiger partial charge in [-0.1, -0.05) is 60.7 Å². The van der Waals surface area contributed by atoms with Crippen LogP contribution in [0.1, 0.15) is 23.5 Å². The number of rotatable bonds is 6. The number of β-lactam (4-membered cyclic amide) rings is 1. The molecular weight excluding hydrogens is 412 g/mol. The quantitative estimate of drug-likeness (QED) is 0.530. The molecule has 3 aromatic rings. The number of carbonyl (C=O) groups is 2. The molecule has 0 aromatic heterocycles. The van der Waals surface area contributed by atoms with Gasteiger partial charge in [-0.05, 0) is 41.5 Å².